The summed E-state index contributed by atoms with van der Waals surface area (Å²) < 4.78 is 12.4. The lowest BCUT2D eigenvalue weighted by Crippen LogP contribution is -2.26. The summed E-state index contributed by atoms with van der Waals surface area (Å²) in [5, 5.41) is 2.89. The van der Waals surface area contributed by atoms with E-state index in [4.69, 9.17) is 9.47 Å². The Bertz CT molecular complexity index is 825. The van der Waals surface area contributed by atoms with Gasteiger partial charge in [-0.05, 0) is 30.3 Å². The van der Waals surface area contributed by atoms with Gasteiger partial charge in [-0.3, -0.25) is 4.79 Å². The van der Waals surface area contributed by atoms with Gasteiger partial charge in [0.1, 0.15) is 17.1 Å². The van der Waals surface area contributed by atoms with Gasteiger partial charge >= 0.3 is 0 Å². The van der Waals surface area contributed by atoms with Crippen molar-refractivity contribution >= 4 is 11.6 Å². The van der Waals surface area contributed by atoms with Gasteiger partial charge < -0.3 is 19.2 Å². The number of nitrogens with one attached hydrogen (secondary N) is 1. The van der Waals surface area contributed by atoms with E-state index in [0.717, 1.165) is 11.3 Å². The Labute approximate surface area is 140 Å². The van der Waals surface area contributed by atoms with E-state index in [1.165, 1.54) is 7.11 Å². The Hall–Kier alpha value is -3.02. The molecule has 0 radical (unpaired) electrons. The lowest BCUT2D eigenvalue weighted by Gasteiger charge is -2.10. The van der Waals surface area contributed by atoms with Crippen LogP contribution in [0.5, 0.6) is 11.5 Å². The standard InChI is InChI=1S/C18H19N3O3/c1-23-14-6-7-16(24-2)15(11-14)18(22)19-9-8-13-12-21-10-4-3-5-17(21)20-13/h3-7,10-12H,8-9H2,1-2H3,(H,19,22). The maximum absolute atomic E-state index is 12.4. The molecule has 0 fully saturated rings. The molecule has 0 saturated heterocycles. The number of nitrogens with zero attached hydrogens (tertiary/aromatic N) is 2. The summed E-state index contributed by atoms with van der Waals surface area (Å²) in [7, 11) is 3.10. The van der Waals surface area contributed by atoms with Gasteiger partial charge in [-0.2, -0.15) is 0 Å². The monoisotopic (exact) mass is 325 g/mol. The second-order valence-corrected chi connectivity index (χ2v) is 5.27. The molecule has 0 aliphatic carbocycles. The molecule has 1 amide bonds. The first-order valence-corrected chi connectivity index (χ1v) is 7.64. The number of carbonyl (C=O) groups excluding carboxylic acids is 1. The highest BCUT2D eigenvalue weighted by Crippen LogP contribution is 2.23. The van der Waals surface area contributed by atoms with Gasteiger partial charge in [-0.1, -0.05) is 6.07 Å². The van der Waals surface area contributed by atoms with Crippen LogP contribution in [0.3, 0.4) is 0 Å². The zero-order chi connectivity index (χ0) is 16.9. The van der Waals surface area contributed by atoms with Crippen LogP contribution in [0.1, 0.15) is 16.1 Å². The van der Waals surface area contributed by atoms with E-state index >= 15 is 0 Å². The average Bonchev–Trinajstić information content (AvgIpc) is 3.03. The lowest BCUT2D eigenvalue weighted by molar-refractivity contribution is 0.0950. The predicted molar refractivity (Wildman–Crippen MR) is 90.8 cm³/mol. The number of methoxy groups -OCH3 is 2. The third-order valence-corrected chi connectivity index (χ3v) is 3.73. The van der Waals surface area contributed by atoms with Gasteiger partial charge in [-0.15, -0.1) is 0 Å². The van der Waals surface area contributed by atoms with Crippen LogP contribution in [0.15, 0.2) is 48.8 Å². The summed E-state index contributed by atoms with van der Waals surface area (Å²) in [5.74, 6) is 0.928. The quantitative estimate of drug-likeness (QED) is 0.755. The van der Waals surface area contributed by atoms with Crippen molar-refractivity contribution < 1.29 is 14.3 Å². The Morgan fingerprint density at radius 2 is 2.08 bits per heavy atom. The number of benzene rings is 1. The molecule has 0 atom stereocenters. The van der Waals surface area contributed by atoms with Crippen molar-refractivity contribution in [3.8, 4) is 11.5 Å². The summed E-state index contributed by atoms with van der Waals surface area (Å²) in [6.45, 7) is 0.489. The smallest absolute Gasteiger partial charge is 0.255 e. The number of fused-ring (bicyclic) bond motifs is 1. The number of ether oxygens (including phenoxy) is 2. The summed E-state index contributed by atoms with van der Waals surface area (Å²) >= 11 is 0. The topological polar surface area (TPSA) is 64.9 Å². The second kappa shape index (κ2) is 7.04. The van der Waals surface area contributed by atoms with Crippen molar-refractivity contribution in [3.63, 3.8) is 0 Å². The van der Waals surface area contributed by atoms with Crippen LogP contribution in [0.25, 0.3) is 5.65 Å². The van der Waals surface area contributed by atoms with Gasteiger partial charge in [-0.25, -0.2) is 4.98 Å². The number of carbonyl (C=O) groups is 1. The zero-order valence-electron chi connectivity index (χ0n) is 13.7. The van der Waals surface area contributed by atoms with E-state index in [1.807, 2.05) is 35.0 Å². The number of imidazole rings is 1. The maximum Gasteiger partial charge on any atom is 0.255 e. The number of amides is 1. The fraction of sp³-hybridized carbons (Fsp3) is 0.222. The molecule has 0 aliphatic rings. The molecule has 1 N–H and O–H groups in total. The van der Waals surface area contributed by atoms with E-state index in [-0.39, 0.29) is 5.91 Å². The largest absolute Gasteiger partial charge is 0.497 e. The fourth-order valence-electron chi connectivity index (χ4n) is 2.50. The van der Waals surface area contributed by atoms with E-state index in [2.05, 4.69) is 10.3 Å². The molecule has 3 rings (SSSR count). The molecule has 1 aromatic carbocycles. The van der Waals surface area contributed by atoms with Gasteiger partial charge in [0.25, 0.3) is 5.91 Å². The fourth-order valence-corrected chi connectivity index (χ4v) is 2.50. The molecule has 6 nitrogen and oxygen atoms in total. The number of rotatable bonds is 6. The normalized spacial score (nSPS) is 10.6. The van der Waals surface area contributed by atoms with Crippen LogP contribution in [0.2, 0.25) is 0 Å². The summed E-state index contributed by atoms with van der Waals surface area (Å²) in [4.78, 5) is 16.9. The molecule has 2 heterocycles. The predicted octanol–water partition coefficient (Wildman–Crippen LogP) is 2.32. The third-order valence-electron chi connectivity index (χ3n) is 3.73. The molecule has 0 spiro atoms. The van der Waals surface area contributed by atoms with Crippen LogP contribution < -0.4 is 14.8 Å². The zero-order valence-corrected chi connectivity index (χ0v) is 13.7. The van der Waals surface area contributed by atoms with Crippen molar-refractivity contribution in [3.05, 3.63) is 60.0 Å². The van der Waals surface area contributed by atoms with Crippen LogP contribution in [0.4, 0.5) is 0 Å². The average molecular weight is 325 g/mol. The van der Waals surface area contributed by atoms with E-state index in [1.54, 1.807) is 25.3 Å². The first-order valence-electron chi connectivity index (χ1n) is 7.64. The third kappa shape index (κ3) is 3.32. The molecular weight excluding hydrogens is 306 g/mol. The Morgan fingerprint density at radius 1 is 1.21 bits per heavy atom. The number of hydrogen-bond acceptors (Lipinski definition) is 4. The van der Waals surface area contributed by atoms with E-state index in [9.17, 15) is 4.79 Å². The van der Waals surface area contributed by atoms with Crippen molar-refractivity contribution in [1.82, 2.24) is 14.7 Å². The van der Waals surface area contributed by atoms with E-state index < -0.39 is 0 Å². The van der Waals surface area contributed by atoms with Gasteiger partial charge in [0.15, 0.2) is 0 Å². The van der Waals surface area contributed by atoms with Crippen molar-refractivity contribution in [1.29, 1.82) is 0 Å². The Morgan fingerprint density at radius 3 is 2.83 bits per heavy atom. The molecule has 2 aromatic heterocycles. The maximum atomic E-state index is 12.4. The van der Waals surface area contributed by atoms with Gasteiger partial charge in [0.2, 0.25) is 0 Å². The first-order chi connectivity index (χ1) is 11.7. The highest BCUT2D eigenvalue weighted by Gasteiger charge is 2.13. The second-order valence-electron chi connectivity index (χ2n) is 5.27. The highest BCUT2D eigenvalue weighted by atomic mass is 16.5. The summed E-state index contributed by atoms with van der Waals surface area (Å²) in [5.41, 5.74) is 2.28. The van der Waals surface area contributed by atoms with Crippen LogP contribution >= 0.6 is 0 Å². The van der Waals surface area contributed by atoms with Gasteiger partial charge in [0, 0.05) is 25.4 Å². The van der Waals surface area contributed by atoms with Crippen molar-refractivity contribution in [2.24, 2.45) is 0 Å². The van der Waals surface area contributed by atoms with Gasteiger partial charge in [0.05, 0.1) is 25.5 Å². The molecular formula is C18H19N3O3. The molecule has 124 valence electrons. The summed E-state index contributed by atoms with van der Waals surface area (Å²) in [6.07, 6.45) is 4.57. The van der Waals surface area contributed by atoms with Crippen molar-refractivity contribution in [2.75, 3.05) is 20.8 Å². The molecule has 3 aromatic rings. The first kappa shape index (κ1) is 15.9. The molecule has 0 bridgehead atoms. The van der Waals surface area contributed by atoms with Crippen LogP contribution in [0, 0.1) is 0 Å². The molecule has 0 unspecified atom stereocenters. The molecule has 24 heavy (non-hydrogen) atoms. The molecule has 0 aliphatic heterocycles. The summed E-state index contributed by atoms with van der Waals surface area (Å²) in [6, 6.07) is 11.0. The minimum absolute atomic E-state index is 0.200. The van der Waals surface area contributed by atoms with E-state index in [0.29, 0.717) is 30.0 Å². The Kier molecular flexibility index (Phi) is 4.65. The number of hydrogen-bond donors (Lipinski definition) is 1. The van der Waals surface area contributed by atoms with Crippen LogP contribution in [-0.4, -0.2) is 36.1 Å². The minimum atomic E-state index is -0.200. The molecule has 6 heteroatoms. The highest BCUT2D eigenvalue weighted by molar-refractivity contribution is 5.97. The lowest BCUT2D eigenvalue weighted by atomic mass is 10.1. The van der Waals surface area contributed by atoms with Crippen LogP contribution in [-0.2, 0) is 6.42 Å². The molecule has 0 saturated carbocycles. The Balaban J connectivity index is 1.65. The number of aromatic nitrogens is 2. The number of pyridine rings is 1. The van der Waals surface area contributed by atoms with Crippen molar-refractivity contribution in [2.45, 2.75) is 6.42 Å². The SMILES string of the molecule is COc1ccc(OC)c(C(=O)NCCc2cn3ccccc3n2)c1. The minimum Gasteiger partial charge on any atom is -0.497 e.